The zero-order valence-electron chi connectivity index (χ0n) is 14.0. The van der Waals surface area contributed by atoms with Crippen LogP contribution in [0.3, 0.4) is 0 Å². The van der Waals surface area contributed by atoms with Gasteiger partial charge in [0.1, 0.15) is 11.9 Å². The Labute approximate surface area is 135 Å². The molecule has 0 aromatic carbocycles. The third kappa shape index (κ3) is 3.35. The molecule has 2 rings (SSSR count). The van der Waals surface area contributed by atoms with Gasteiger partial charge in [-0.05, 0) is 6.42 Å². The summed E-state index contributed by atoms with van der Waals surface area (Å²) in [7, 11) is 4.85. The summed E-state index contributed by atoms with van der Waals surface area (Å²) in [5.74, 6) is 0.300. The molecule has 1 aromatic rings. The highest BCUT2D eigenvalue weighted by Crippen LogP contribution is 2.18. The van der Waals surface area contributed by atoms with Gasteiger partial charge in [0.05, 0.1) is 13.0 Å². The minimum absolute atomic E-state index is 0.00413. The minimum Gasteiger partial charge on any atom is -0.337 e. The molecule has 1 saturated heterocycles. The van der Waals surface area contributed by atoms with Gasteiger partial charge in [0.15, 0.2) is 0 Å². The fraction of sp³-hybridized carbons (Fsp3) is 0.600. The highest BCUT2D eigenvalue weighted by molar-refractivity contribution is 6.05. The van der Waals surface area contributed by atoms with Crippen molar-refractivity contribution in [3.63, 3.8) is 0 Å². The topological polar surface area (TPSA) is 78.8 Å². The van der Waals surface area contributed by atoms with Gasteiger partial charge in [-0.2, -0.15) is 0 Å². The highest BCUT2D eigenvalue weighted by Gasteiger charge is 2.42. The van der Waals surface area contributed by atoms with Crippen molar-refractivity contribution in [2.75, 3.05) is 20.6 Å². The van der Waals surface area contributed by atoms with E-state index >= 15 is 0 Å². The summed E-state index contributed by atoms with van der Waals surface area (Å²) in [4.78, 5) is 44.8. The third-order valence-corrected chi connectivity index (χ3v) is 4.14. The van der Waals surface area contributed by atoms with Gasteiger partial charge >= 0.3 is 6.03 Å². The number of likely N-dealkylation sites (N-methyl/N-ethyl adjacent to an activating group) is 2. The van der Waals surface area contributed by atoms with Crippen molar-refractivity contribution in [2.24, 2.45) is 7.05 Å². The molecule has 1 aliphatic rings. The molecular weight excluding hydrogens is 298 g/mol. The van der Waals surface area contributed by atoms with Crippen LogP contribution in [0.5, 0.6) is 0 Å². The summed E-state index contributed by atoms with van der Waals surface area (Å²) in [5, 5.41) is 0. The van der Waals surface area contributed by atoms with E-state index in [-0.39, 0.29) is 24.3 Å². The number of aryl methyl sites for hydroxylation is 1. The molecule has 0 saturated carbocycles. The lowest BCUT2D eigenvalue weighted by atomic mass is 10.1. The van der Waals surface area contributed by atoms with Crippen LogP contribution in [0.15, 0.2) is 12.4 Å². The summed E-state index contributed by atoms with van der Waals surface area (Å²) in [6.07, 6.45) is 4.32. The van der Waals surface area contributed by atoms with Gasteiger partial charge in [-0.25, -0.2) is 9.78 Å². The van der Waals surface area contributed by atoms with E-state index in [1.807, 2.05) is 24.7 Å². The van der Waals surface area contributed by atoms with Crippen molar-refractivity contribution in [2.45, 2.75) is 32.4 Å². The van der Waals surface area contributed by atoms with Crippen LogP contribution in [0.1, 0.15) is 25.6 Å². The predicted octanol–water partition coefficient (Wildman–Crippen LogP) is 0.441. The lowest BCUT2D eigenvalue weighted by Crippen LogP contribution is -2.40. The third-order valence-electron chi connectivity index (χ3n) is 4.14. The second kappa shape index (κ2) is 6.80. The normalized spacial score (nSPS) is 18.0. The van der Waals surface area contributed by atoms with E-state index in [2.05, 4.69) is 4.98 Å². The lowest BCUT2D eigenvalue weighted by Gasteiger charge is -2.24. The van der Waals surface area contributed by atoms with E-state index in [9.17, 15) is 14.4 Å². The fourth-order valence-corrected chi connectivity index (χ4v) is 2.65. The molecular formula is C15H23N5O3. The average molecular weight is 321 g/mol. The number of aromatic nitrogens is 2. The molecule has 0 spiro atoms. The summed E-state index contributed by atoms with van der Waals surface area (Å²) >= 11 is 0. The molecule has 23 heavy (non-hydrogen) atoms. The van der Waals surface area contributed by atoms with Gasteiger partial charge in [-0.3, -0.25) is 14.5 Å². The molecule has 8 heteroatoms. The maximum absolute atomic E-state index is 12.6. The molecule has 8 nitrogen and oxygen atoms in total. The first-order valence-corrected chi connectivity index (χ1v) is 7.65. The average Bonchev–Trinajstić information content (AvgIpc) is 3.00. The molecule has 2 heterocycles. The first-order valence-electron chi connectivity index (χ1n) is 7.65. The van der Waals surface area contributed by atoms with Crippen LogP contribution in [0.25, 0.3) is 0 Å². The smallest absolute Gasteiger partial charge is 0.326 e. The van der Waals surface area contributed by atoms with Crippen LogP contribution in [0, 0.1) is 0 Å². The molecule has 1 aliphatic heterocycles. The molecule has 4 amide bonds. The van der Waals surface area contributed by atoms with Gasteiger partial charge < -0.3 is 14.4 Å². The van der Waals surface area contributed by atoms with Gasteiger partial charge in [0.2, 0.25) is 5.91 Å². The van der Waals surface area contributed by atoms with E-state index < -0.39 is 6.04 Å². The maximum atomic E-state index is 12.6. The number of hydrogen-bond acceptors (Lipinski definition) is 4. The number of hydrogen-bond donors (Lipinski definition) is 0. The van der Waals surface area contributed by atoms with E-state index in [0.717, 1.165) is 17.1 Å². The van der Waals surface area contributed by atoms with E-state index in [0.29, 0.717) is 13.1 Å². The Bertz CT molecular complexity index is 612. The largest absolute Gasteiger partial charge is 0.337 e. The van der Waals surface area contributed by atoms with Crippen molar-refractivity contribution < 1.29 is 14.4 Å². The van der Waals surface area contributed by atoms with Crippen LogP contribution >= 0.6 is 0 Å². The molecule has 0 radical (unpaired) electrons. The first-order chi connectivity index (χ1) is 10.9. The Kier molecular flexibility index (Phi) is 5.02. The van der Waals surface area contributed by atoms with Crippen LogP contribution in [-0.2, 0) is 23.2 Å². The van der Waals surface area contributed by atoms with Gasteiger partial charge in [0, 0.05) is 40.1 Å². The summed E-state index contributed by atoms with van der Waals surface area (Å²) < 4.78 is 1.86. The van der Waals surface area contributed by atoms with Crippen molar-refractivity contribution in [3.8, 4) is 0 Å². The Morgan fingerprint density at radius 3 is 2.48 bits per heavy atom. The number of urea groups is 1. The summed E-state index contributed by atoms with van der Waals surface area (Å²) in [6.45, 7) is 2.97. The van der Waals surface area contributed by atoms with Crippen molar-refractivity contribution in [1.29, 1.82) is 0 Å². The number of carbonyl (C=O) groups is 3. The van der Waals surface area contributed by atoms with E-state index in [4.69, 9.17) is 0 Å². The van der Waals surface area contributed by atoms with Crippen molar-refractivity contribution in [1.82, 2.24) is 24.3 Å². The molecule has 0 N–H and O–H groups in total. The Hall–Kier alpha value is -2.38. The summed E-state index contributed by atoms with van der Waals surface area (Å²) in [6, 6.07) is -1.10. The number of nitrogens with zero attached hydrogens (tertiary/aromatic N) is 5. The van der Waals surface area contributed by atoms with Gasteiger partial charge in [-0.1, -0.05) is 6.92 Å². The standard InChI is InChI=1S/C15H23N5O3/c1-5-7-20(10-12-16-6-8-17(12)2)13(21)9-11-14(22)19(4)15(23)18(11)3/h6,8,11H,5,7,9-10H2,1-4H3/t11-/m0/s1. The van der Waals surface area contributed by atoms with Crippen LogP contribution in [0.2, 0.25) is 0 Å². The minimum atomic E-state index is -0.722. The van der Waals surface area contributed by atoms with Gasteiger partial charge in [-0.15, -0.1) is 0 Å². The van der Waals surface area contributed by atoms with Crippen LogP contribution < -0.4 is 0 Å². The van der Waals surface area contributed by atoms with E-state index in [1.165, 1.54) is 11.9 Å². The monoisotopic (exact) mass is 321 g/mol. The van der Waals surface area contributed by atoms with Crippen LogP contribution in [0.4, 0.5) is 4.79 Å². The molecule has 0 aliphatic carbocycles. The molecule has 0 unspecified atom stereocenters. The Morgan fingerprint density at radius 2 is 2.00 bits per heavy atom. The van der Waals surface area contributed by atoms with Crippen molar-refractivity contribution in [3.05, 3.63) is 18.2 Å². The number of imide groups is 1. The second-order valence-corrected chi connectivity index (χ2v) is 5.78. The molecule has 1 atom stereocenters. The fourth-order valence-electron chi connectivity index (χ4n) is 2.65. The van der Waals surface area contributed by atoms with Crippen molar-refractivity contribution >= 4 is 17.8 Å². The maximum Gasteiger partial charge on any atom is 0.326 e. The molecule has 126 valence electrons. The zero-order chi connectivity index (χ0) is 17.1. The number of rotatable bonds is 6. The first kappa shape index (κ1) is 17.0. The SMILES string of the molecule is CCCN(Cc1nccn1C)C(=O)C[C@H]1C(=O)N(C)C(=O)N1C. The molecule has 0 bridgehead atoms. The van der Waals surface area contributed by atoms with Gasteiger partial charge in [0.25, 0.3) is 5.91 Å². The molecule has 1 aromatic heterocycles. The van der Waals surface area contributed by atoms with E-state index in [1.54, 1.807) is 18.1 Å². The number of imidazole rings is 1. The Balaban J connectivity index is 2.08. The molecule has 1 fully saturated rings. The highest BCUT2D eigenvalue weighted by atomic mass is 16.2. The van der Waals surface area contributed by atoms with Crippen LogP contribution in [-0.4, -0.2) is 68.8 Å². The quantitative estimate of drug-likeness (QED) is 0.712. The predicted molar refractivity (Wildman–Crippen MR) is 83.3 cm³/mol. The second-order valence-electron chi connectivity index (χ2n) is 5.78. The lowest BCUT2D eigenvalue weighted by molar-refractivity contribution is -0.137. The number of carbonyl (C=O) groups excluding carboxylic acids is 3. The zero-order valence-corrected chi connectivity index (χ0v) is 14.0. The summed E-state index contributed by atoms with van der Waals surface area (Å²) in [5.41, 5.74) is 0. The number of amides is 4. The Morgan fingerprint density at radius 1 is 1.30 bits per heavy atom.